The highest BCUT2D eigenvalue weighted by atomic mass is 32.2. The second kappa shape index (κ2) is 5.66. The molecule has 1 aromatic rings. The van der Waals surface area contributed by atoms with Crippen molar-refractivity contribution in [2.75, 3.05) is 47.5 Å². The third-order valence-corrected chi connectivity index (χ3v) is 5.87. The molecule has 0 spiro atoms. The Labute approximate surface area is 135 Å². The Morgan fingerprint density at radius 3 is 2.30 bits per heavy atom. The molecule has 1 aromatic carbocycles. The first-order valence-electron chi connectivity index (χ1n) is 7.41. The van der Waals surface area contributed by atoms with Crippen molar-refractivity contribution in [2.24, 2.45) is 11.5 Å². The van der Waals surface area contributed by atoms with Crippen LogP contribution in [0.4, 0.5) is 16.2 Å². The fraction of sp³-hybridized carbons (Fsp3) is 0.500. The average Bonchev–Trinajstić information content (AvgIpc) is 2.83. The molecule has 9 heteroatoms. The van der Waals surface area contributed by atoms with Gasteiger partial charge in [-0.1, -0.05) is 0 Å². The number of nitrogens with zero attached hydrogens (tertiary/aromatic N) is 2. The third-order valence-electron chi connectivity index (χ3n) is 4.19. The van der Waals surface area contributed by atoms with Gasteiger partial charge in [-0.15, -0.1) is 0 Å². The second-order valence-electron chi connectivity index (χ2n) is 5.95. The summed E-state index contributed by atoms with van der Waals surface area (Å²) in [6.07, 6.45) is -0.502. The molecule has 0 aromatic heterocycles. The Hall–Kier alpha value is -1.84. The molecule has 5 N–H and O–H groups in total. The van der Waals surface area contributed by atoms with E-state index in [1.54, 1.807) is 0 Å². The van der Waals surface area contributed by atoms with Gasteiger partial charge >= 0.3 is 6.09 Å². The first-order valence-corrected chi connectivity index (χ1v) is 9.30. The van der Waals surface area contributed by atoms with E-state index >= 15 is 0 Å². The summed E-state index contributed by atoms with van der Waals surface area (Å²) >= 11 is 0. The summed E-state index contributed by atoms with van der Waals surface area (Å²) in [7, 11) is -2.40. The molecule has 2 aliphatic rings. The zero-order chi connectivity index (χ0) is 16.7. The van der Waals surface area contributed by atoms with E-state index < -0.39 is 21.5 Å². The van der Waals surface area contributed by atoms with Crippen LogP contribution < -0.4 is 21.3 Å². The molecule has 1 amide bonds. The summed E-state index contributed by atoms with van der Waals surface area (Å²) in [6, 6.07) is 7.45. The van der Waals surface area contributed by atoms with Crippen LogP contribution in [0.1, 0.15) is 0 Å². The Bertz CT molecular complexity index is 692. The highest BCUT2D eigenvalue weighted by Gasteiger charge is 2.41. The number of amides is 1. The van der Waals surface area contributed by atoms with Crippen LogP contribution in [-0.4, -0.2) is 53.7 Å². The van der Waals surface area contributed by atoms with Crippen LogP contribution in [0.15, 0.2) is 24.3 Å². The van der Waals surface area contributed by atoms with E-state index in [1.165, 1.54) is 4.90 Å². The molecule has 126 valence electrons. The molecular weight excluding hydrogens is 318 g/mol. The molecule has 0 radical (unpaired) electrons. The number of carbonyl (C=O) groups is 1. The summed E-state index contributed by atoms with van der Waals surface area (Å²) in [5, 5.41) is 0. The van der Waals surface area contributed by atoms with E-state index in [0.29, 0.717) is 30.3 Å². The van der Waals surface area contributed by atoms with Crippen molar-refractivity contribution in [2.45, 2.75) is 5.72 Å². The van der Waals surface area contributed by atoms with E-state index in [1.807, 2.05) is 24.3 Å². The van der Waals surface area contributed by atoms with Crippen LogP contribution in [0.25, 0.3) is 0 Å². The molecule has 2 aliphatic heterocycles. The van der Waals surface area contributed by atoms with Crippen molar-refractivity contribution < 1.29 is 13.7 Å². The topological polar surface area (TPSA) is 126 Å². The molecular formula is C14H21N5O3S. The minimum atomic E-state index is -2.40. The lowest BCUT2D eigenvalue weighted by Gasteiger charge is -2.30. The number of carbonyl (C=O) groups excluding carboxylic acids is 1. The lowest BCUT2D eigenvalue weighted by molar-refractivity contribution is 0.0692. The van der Waals surface area contributed by atoms with Gasteiger partial charge in [0.2, 0.25) is 0 Å². The zero-order valence-electron chi connectivity index (χ0n) is 12.7. The molecule has 2 saturated heterocycles. The number of nitrogens with one attached hydrogen (secondary N) is 1. The largest absolute Gasteiger partial charge is 0.424 e. The molecule has 2 heterocycles. The third kappa shape index (κ3) is 3.26. The summed E-state index contributed by atoms with van der Waals surface area (Å²) in [5.41, 5.74) is 12.0. The number of nitrogens with two attached hydrogens (primary N) is 2. The van der Waals surface area contributed by atoms with Crippen LogP contribution >= 0.6 is 0 Å². The van der Waals surface area contributed by atoms with Gasteiger partial charge in [0.25, 0.3) is 0 Å². The SMILES string of the molecule is N=S1(=O)CCN(c2ccc(N3C[C@](N)(CN)OC3=O)cc2)CC1. The van der Waals surface area contributed by atoms with Crippen LogP contribution in [0.3, 0.4) is 0 Å². The normalized spacial score (nSPS) is 27.1. The standard InChI is InChI=1S/C14H21N5O3S/c15-9-14(16)10-19(13(20)22-14)12-3-1-11(2-4-12)18-5-7-23(17,21)8-6-18/h1-4,17H,5-10,15-16H2/t14-/m0/s1. The monoisotopic (exact) mass is 339 g/mol. The van der Waals surface area contributed by atoms with E-state index in [9.17, 15) is 9.00 Å². The molecule has 8 nitrogen and oxygen atoms in total. The number of hydrogen-bond acceptors (Lipinski definition) is 7. The molecule has 2 fully saturated rings. The Balaban J connectivity index is 1.72. The summed E-state index contributed by atoms with van der Waals surface area (Å²) in [5.74, 6) is 0.777. The molecule has 23 heavy (non-hydrogen) atoms. The molecule has 0 bridgehead atoms. The molecule has 0 saturated carbocycles. The Morgan fingerprint density at radius 2 is 1.78 bits per heavy atom. The fourth-order valence-electron chi connectivity index (χ4n) is 2.73. The Morgan fingerprint density at radius 1 is 1.22 bits per heavy atom. The van der Waals surface area contributed by atoms with Gasteiger partial charge in [-0.3, -0.25) is 15.4 Å². The zero-order valence-corrected chi connectivity index (χ0v) is 13.6. The smallest absolute Gasteiger partial charge is 0.416 e. The number of hydrogen-bond donors (Lipinski definition) is 3. The van der Waals surface area contributed by atoms with E-state index in [2.05, 4.69) is 4.90 Å². The van der Waals surface area contributed by atoms with E-state index in [0.717, 1.165) is 5.69 Å². The molecule has 1 atom stereocenters. The van der Waals surface area contributed by atoms with Crippen LogP contribution in [0.2, 0.25) is 0 Å². The van der Waals surface area contributed by atoms with E-state index in [4.69, 9.17) is 21.0 Å². The van der Waals surface area contributed by atoms with E-state index in [-0.39, 0.29) is 13.1 Å². The number of rotatable bonds is 3. The number of benzene rings is 1. The van der Waals surface area contributed by atoms with Crippen LogP contribution in [0.5, 0.6) is 0 Å². The second-order valence-corrected chi connectivity index (χ2v) is 8.39. The highest BCUT2D eigenvalue weighted by Crippen LogP contribution is 2.27. The minimum absolute atomic E-state index is 0.0630. The van der Waals surface area contributed by atoms with Crippen molar-refractivity contribution in [3.8, 4) is 0 Å². The predicted octanol–water partition coefficient (Wildman–Crippen LogP) is 0.124. The summed E-state index contributed by atoms with van der Waals surface area (Å²) in [6.45, 7) is 1.48. The molecule has 0 unspecified atom stereocenters. The van der Waals surface area contributed by atoms with Crippen molar-refractivity contribution >= 4 is 27.2 Å². The summed E-state index contributed by atoms with van der Waals surface area (Å²) in [4.78, 5) is 15.5. The van der Waals surface area contributed by atoms with Gasteiger partial charge in [0.1, 0.15) is 0 Å². The number of anilines is 2. The number of cyclic esters (lactones) is 1. The van der Waals surface area contributed by atoms with Gasteiger partial charge in [0.15, 0.2) is 5.72 Å². The maximum atomic E-state index is 11.9. The first kappa shape index (κ1) is 16.0. The fourth-order valence-corrected chi connectivity index (χ4v) is 3.96. The Kier molecular flexibility index (Phi) is 3.95. The maximum absolute atomic E-state index is 11.9. The van der Waals surface area contributed by atoms with Gasteiger partial charge in [0.05, 0.1) is 6.54 Å². The molecule has 3 rings (SSSR count). The van der Waals surface area contributed by atoms with Crippen LogP contribution in [-0.2, 0) is 14.5 Å². The predicted molar refractivity (Wildman–Crippen MR) is 89.1 cm³/mol. The van der Waals surface area contributed by atoms with Gasteiger partial charge in [-0.25, -0.2) is 9.00 Å². The van der Waals surface area contributed by atoms with Gasteiger partial charge in [-0.2, -0.15) is 0 Å². The molecule has 0 aliphatic carbocycles. The lowest BCUT2D eigenvalue weighted by atomic mass is 10.2. The van der Waals surface area contributed by atoms with Crippen molar-refractivity contribution in [1.82, 2.24) is 0 Å². The van der Waals surface area contributed by atoms with Crippen molar-refractivity contribution in [1.29, 1.82) is 4.78 Å². The maximum Gasteiger partial charge on any atom is 0.416 e. The van der Waals surface area contributed by atoms with Crippen molar-refractivity contribution in [3.63, 3.8) is 0 Å². The van der Waals surface area contributed by atoms with Gasteiger partial charge in [-0.05, 0) is 24.3 Å². The van der Waals surface area contributed by atoms with Crippen molar-refractivity contribution in [3.05, 3.63) is 24.3 Å². The lowest BCUT2D eigenvalue weighted by Crippen LogP contribution is -2.50. The van der Waals surface area contributed by atoms with Crippen LogP contribution in [0, 0.1) is 4.78 Å². The minimum Gasteiger partial charge on any atom is -0.424 e. The highest BCUT2D eigenvalue weighted by molar-refractivity contribution is 7.92. The quantitative estimate of drug-likeness (QED) is 0.718. The first-order chi connectivity index (χ1) is 10.8. The number of ether oxygens (including phenoxy) is 1. The summed E-state index contributed by atoms with van der Waals surface area (Å²) < 4.78 is 24.4. The van der Waals surface area contributed by atoms with Gasteiger partial charge in [0, 0.05) is 52.2 Å². The average molecular weight is 339 g/mol. The van der Waals surface area contributed by atoms with Gasteiger partial charge < -0.3 is 15.4 Å².